The first-order chi connectivity index (χ1) is 23.1. The Kier molecular flexibility index (Phi) is 10.3. The molecule has 0 saturated heterocycles. The molecule has 0 spiro atoms. The van der Waals surface area contributed by atoms with Crippen LogP contribution < -0.4 is 17.0 Å². The van der Waals surface area contributed by atoms with Gasteiger partial charge in [-0.3, -0.25) is 5.84 Å². The maximum absolute atomic E-state index is 6.69. The molecule has 0 unspecified atom stereocenters. The van der Waals surface area contributed by atoms with Crippen molar-refractivity contribution >= 4 is 44.7 Å². The highest BCUT2D eigenvalue weighted by molar-refractivity contribution is 7.98. The Morgan fingerprint density at radius 3 is 1.91 bits per heavy atom. The second kappa shape index (κ2) is 15.3. The monoisotopic (exact) mass is 629 g/mol. The zero-order chi connectivity index (χ0) is 32.4. The van der Waals surface area contributed by atoms with Crippen LogP contribution in [-0.2, 0) is 12.2 Å². The highest BCUT2D eigenvalue weighted by Gasteiger charge is 2.10. The summed E-state index contributed by atoms with van der Waals surface area (Å²) in [4.78, 5) is 1.14. The standard InChI is InChI=1S/C28H23NS.C15H16N2/c1-19-7-9-21(10-8-19)23-13-15-25-24(17-23)12-11-22-14-16-26(28(29)27(22)25)30-18-20-5-3-2-4-6-20;16-17-15(14-9-5-2-6-10-14)12-11-13-7-3-1-4-8-13/h2-17H,18,29H2,1H3;1-10,12,17H,11,16H2/b;15-12-. The number of rotatable bonds is 8. The summed E-state index contributed by atoms with van der Waals surface area (Å²) in [5.74, 6) is 6.47. The largest absolute Gasteiger partial charge is 0.397 e. The van der Waals surface area contributed by atoms with E-state index in [9.17, 15) is 0 Å². The molecule has 0 bridgehead atoms. The number of nitrogen functional groups attached to an aromatic ring is 1. The highest BCUT2D eigenvalue weighted by atomic mass is 32.2. The molecule has 3 nitrogen and oxygen atoms in total. The van der Waals surface area contributed by atoms with Gasteiger partial charge in [0.2, 0.25) is 0 Å². The van der Waals surface area contributed by atoms with Crippen molar-refractivity contribution in [3.05, 3.63) is 186 Å². The third-order valence-electron chi connectivity index (χ3n) is 8.25. The van der Waals surface area contributed by atoms with E-state index in [4.69, 9.17) is 11.6 Å². The molecule has 0 heterocycles. The Morgan fingerprint density at radius 1 is 0.638 bits per heavy atom. The van der Waals surface area contributed by atoms with Crippen LogP contribution in [0.25, 0.3) is 38.4 Å². The average Bonchev–Trinajstić information content (AvgIpc) is 3.13. The second-order valence-corrected chi connectivity index (χ2v) is 12.6. The fourth-order valence-corrected chi connectivity index (χ4v) is 6.60. The summed E-state index contributed by atoms with van der Waals surface area (Å²) in [6.45, 7) is 2.12. The molecule has 0 aliphatic heterocycles. The van der Waals surface area contributed by atoms with E-state index in [1.807, 2.05) is 48.5 Å². The number of hydrogen-bond donors (Lipinski definition) is 3. The van der Waals surface area contributed by atoms with Gasteiger partial charge in [-0.2, -0.15) is 0 Å². The Labute approximate surface area is 281 Å². The van der Waals surface area contributed by atoms with Gasteiger partial charge in [-0.1, -0.05) is 157 Å². The van der Waals surface area contributed by atoms with Crippen LogP contribution in [0.2, 0.25) is 0 Å². The van der Waals surface area contributed by atoms with Crippen LogP contribution in [0.15, 0.2) is 169 Å². The van der Waals surface area contributed by atoms with Crippen molar-refractivity contribution in [3.63, 3.8) is 0 Å². The fraction of sp³-hybridized carbons (Fsp3) is 0.0698. The minimum Gasteiger partial charge on any atom is -0.397 e. The lowest BCUT2D eigenvalue weighted by molar-refractivity contribution is 0.983. The van der Waals surface area contributed by atoms with Crippen LogP contribution >= 0.6 is 11.8 Å². The average molecular weight is 630 g/mol. The first kappa shape index (κ1) is 31.7. The van der Waals surface area contributed by atoms with Crippen molar-refractivity contribution in [1.29, 1.82) is 0 Å². The quantitative estimate of drug-likeness (QED) is 0.0514. The number of benzene rings is 7. The van der Waals surface area contributed by atoms with Crippen LogP contribution in [0.1, 0.15) is 22.3 Å². The summed E-state index contributed by atoms with van der Waals surface area (Å²) in [5.41, 5.74) is 18.7. The third-order valence-corrected chi connectivity index (χ3v) is 9.39. The summed E-state index contributed by atoms with van der Waals surface area (Å²) >= 11 is 1.80. The van der Waals surface area contributed by atoms with Crippen LogP contribution in [0.3, 0.4) is 0 Å². The molecule has 7 rings (SSSR count). The Hall–Kier alpha value is -5.29. The molecule has 0 saturated carbocycles. The third kappa shape index (κ3) is 7.93. The number of fused-ring (bicyclic) bond motifs is 3. The van der Waals surface area contributed by atoms with Gasteiger partial charge < -0.3 is 11.2 Å². The number of hydrazine groups is 1. The van der Waals surface area contributed by atoms with Gasteiger partial charge in [-0.25, -0.2) is 0 Å². The van der Waals surface area contributed by atoms with Gasteiger partial charge >= 0.3 is 0 Å². The van der Waals surface area contributed by atoms with Crippen molar-refractivity contribution in [2.75, 3.05) is 5.73 Å². The first-order valence-electron chi connectivity index (χ1n) is 15.8. The zero-order valence-corrected chi connectivity index (χ0v) is 27.4. The Morgan fingerprint density at radius 2 is 1.23 bits per heavy atom. The normalized spacial score (nSPS) is 11.2. The van der Waals surface area contributed by atoms with E-state index >= 15 is 0 Å². The van der Waals surface area contributed by atoms with E-state index in [0.29, 0.717) is 0 Å². The van der Waals surface area contributed by atoms with Gasteiger partial charge in [0.15, 0.2) is 0 Å². The van der Waals surface area contributed by atoms with E-state index in [1.165, 1.54) is 44.0 Å². The molecule has 0 atom stereocenters. The van der Waals surface area contributed by atoms with Crippen LogP contribution in [-0.4, -0.2) is 0 Å². The van der Waals surface area contributed by atoms with E-state index in [2.05, 4.69) is 128 Å². The molecule has 5 N–H and O–H groups in total. The summed E-state index contributed by atoms with van der Waals surface area (Å²) < 4.78 is 0. The second-order valence-electron chi connectivity index (χ2n) is 11.5. The number of anilines is 1. The molecule has 0 radical (unpaired) electrons. The Bertz CT molecular complexity index is 2090. The Balaban J connectivity index is 0.000000193. The molecule has 232 valence electrons. The lowest BCUT2D eigenvalue weighted by Crippen LogP contribution is -2.20. The van der Waals surface area contributed by atoms with Crippen molar-refractivity contribution in [2.45, 2.75) is 24.0 Å². The molecule has 47 heavy (non-hydrogen) atoms. The van der Waals surface area contributed by atoms with E-state index in [-0.39, 0.29) is 0 Å². The van der Waals surface area contributed by atoms with E-state index < -0.39 is 0 Å². The van der Waals surface area contributed by atoms with Crippen LogP contribution in [0.4, 0.5) is 5.69 Å². The molecular weight excluding hydrogens is 591 g/mol. The fourth-order valence-electron chi connectivity index (χ4n) is 5.66. The minimum absolute atomic E-state index is 0.870. The molecular formula is C43H39N3S. The van der Waals surface area contributed by atoms with E-state index in [0.717, 1.165) is 39.4 Å². The first-order valence-corrected chi connectivity index (χ1v) is 16.8. The molecule has 0 aliphatic rings. The van der Waals surface area contributed by atoms with Crippen molar-refractivity contribution < 1.29 is 0 Å². The van der Waals surface area contributed by atoms with Crippen LogP contribution in [0.5, 0.6) is 0 Å². The van der Waals surface area contributed by atoms with Gasteiger partial charge in [0.05, 0.1) is 11.4 Å². The predicted molar refractivity (Wildman–Crippen MR) is 204 cm³/mol. The smallest absolute Gasteiger partial charge is 0.0538 e. The summed E-state index contributed by atoms with van der Waals surface area (Å²) in [6.07, 6.45) is 2.97. The zero-order valence-electron chi connectivity index (χ0n) is 26.6. The van der Waals surface area contributed by atoms with Crippen molar-refractivity contribution in [3.8, 4) is 11.1 Å². The SMILES string of the molecule is Cc1ccc(-c2ccc3c(ccc4ccc(SCc5ccccc5)c(N)c43)c2)cc1.NN/C(=C\Cc1ccccc1)c1ccccc1. The number of hydrogen-bond acceptors (Lipinski definition) is 4. The maximum Gasteiger partial charge on any atom is 0.0538 e. The summed E-state index contributed by atoms with van der Waals surface area (Å²) in [7, 11) is 0. The molecule has 7 aromatic rings. The predicted octanol–water partition coefficient (Wildman–Crippen LogP) is 10.6. The minimum atomic E-state index is 0.870. The molecule has 0 aromatic heterocycles. The van der Waals surface area contributed by atoms with Crippen LogP contribution in [0, 0.1) is 6.92 Å². The van der Waals surface area contributed by atoms with Gasteiger partial charge in [0, 0.05) is 16.0 Å². The van der Waals surface area contributed by atoms with Gasteiger partial charge in [-0.15, -0.1) is 11.8 Å². The highest BCUT2D eigenvalue weighted by Crippen LogP contribution is 2.38. The molecule has 0 fully saturated rings. The lowest BCUT2D eigenvalue weighted by Gasteiger charge is -2.13. The van der Waals surface area contributed by atoms with Gasteiger partial charge in [-0.05, 0) is 69.5 Å². The molecule has 4 heteroatoms. The van der Waals surface area contributed by atoms with Gasteiger partial charge in [0.1, 0.15) is 0 Å². The summed E-state index contributed by atoms with van der Waals surface area (Å²) in [5, 5.41) is 4.77. The summed E-state index contributed by atoms with van der Waals surface area (Å²) in [6, 6.07) is 55.0. The lowest BCUT2D eigenvalue weighted by atomic mass is 9.96. The van der Waals surface area contributed by atoms with Gasteiger partial charge in [0.25, 0.3) is 0 Å². The number of nitrogens with one attached hydrogen (secondary N) is 1. The maximum atomic E-state index is 6.69. The van der Waals surface area contributed by atoms with E-state index in [1.54, 1.807) is 11.8 Å². The van der Waals surface area contributed by atoms with Crippen molar-refractivity contribution in [1.82, 2.24) is 5.43 Å². The molecule has 7 aromatic carbocycles. The topological polar surface area (TPSA) is 64.1 Å². The number of allylic oxidation sites excluding steroid dienone is 1. The van der Waals surface area contributed by atoms with Crippen molar-refractivity contribution in [2.24, 2.45) is 5.84 Å². The number of aryl methyl sites for hydroxylation is 1. The molecule has 0 amide bonds. The number of thioether (sulfide) groups is 1. The molecule has 0 aliphatic carbocycles. The number of nitrogens with two attached hydrogens (primary N) is 2.